The number of hydrogen-bond donors (Lipinski definition) is 0. The summed E-state index contributed by atoms with van der Waals surface area (Å²) in [5.41, 5.74) is 0. The average molecular weight is 298 g/mol. The van der Waals surface area contributed by atoms with Crippen molar-refractivity contribution in [1.82, 2.24) is 14.5 Å². The van der Waals surface area contributed by atoms with Crippen LogP contribution in [0.5, 0.6) is 0 Å². The SMILES string of the molecule is Cn1ccnc1C(C1CC1)N1CC(Br)CC1=O. The largest absolute Gasteiger partial charge is 0.336 e. The average Bonchev–Trinajstić information content (AvgIpc) is 2.93. The van der Waals surface area contributed by atoms with Gasteiger partial charge in [-0.25, -0.2) is 4.98 Å². The second-order valence-corrected chi connectivity index (χ2v) is 6.32. The molecule has 0 aromatic carbocycles. The summed E-state index contributed by atoms with van der Waals surface area (Å²) in [5.74, 6) is 1.90. The molecule has 0 N–H and O–H groups in total. The quantitative estimate of drug-likeness (QED) is 0.799. The van der Waals surface area contributed by atoms with E-state index < -0.39 is 0 Å². The van der Waals surface area contributed by atoms with E-state index >= 15 is 0 Å². The molecule has 92 valence electrons. The topological polar surface area (TPSA) is 38.1 Å². The molecule has 3 rings (SSSR count). The molecular formula is C12H16BrN3O. The maximum atomic E-state index is 12.0. The van der Waals surface area contributed by atoms with Crippen molar-refractivity contribution in [3.05, 3.63) is 18.2 Å². The highest BCUT2D eigenvalue weighted by Gasteiger charge is 2.43. The van der Waals surface area contributed by atoms with E-state index in [1.165, 1.54) is 12.8 Å². The van der Waals surface area contributed by atoms with Crippen LogP contribution in [0.2, 0.25) is 0 Å². The first kappa shape index (κ1) is 11.3. The highest BCUT2D eigenvalue weighted by Crippen LogP contribution is 2.45. The molecule has 17 heavy (non-hydrogen) atoms. The first-order chi connectivity index (χ1) is 8.16. The van der Waals surface area contributed by atoms with Gasteiger partial charge in [-0.3, -0.25) is 4.79 Å². The normalized spacial score (nSPS) is 26.6. The van der Waals surface area contributed by atoms with Crippen LogP contribution < -0.4 is 0 Å². The summed E-state index contributed by atoms with van der Waals surface area (Å²) in [6.45, 7) is 0.812. The number of imidazole rings is 1. The maximum absolute atomic E-state index is 12.0. The van der Waals surface area contributed by atoms with E-state index in [4.69, 9.17) is 0 Å². The number of halogens is 1. The van der Waals surface area contributed by atoms with Crippen molar-refractivity contribution in [3.8, 4) is 0 Å². The van der Waals surface area contributed by atoms with Crippen molar-refractivity contribution in [2.75, 3.05) is 6.54 Å². The van der Waals surface area contributed by atoms with Crippen LogP contribution in [0.25, 0.3) is 0 Å². The van der Waals surface area contributed by atoms with Gasteiger partial charge in [-0.05, 0) is 18.8 Å². The number of nitrogens with zero attached hydrogens (tertiary/aromatic N) is 3. The van der Waals surface area contributed by atoms with E-state index in [0.29, 0.717) is 17.2 Å². The van der Waals surface area contributed by atoms with Crippen LogP contribution in [0, 0.1) is 5.92 Å². The molecule has 2 atom stereocenters. The lowest BCUT2D eigenvalue weighted by molar-refractivity contribution is -0.130. The summed E-state index contributed by atoms with van der Waals surface area (Å²) in [4.78, 5) is 18.8. The Hall–Kier alpha value is -0.840. The van der Waals surface area contributed by atoms with Crippen LogP contribution in [0.15, 0.2) is 12.4 Å². The summed E-state index contributed by atoms with van der Waals surface area (Å²) < 4.78 is 2.04. The zero-order valence-corrected chi connectivity index (χ0v) is 11.4. The number of alkyl halides is 1. The Morgan fingerprint density at radius 2 is 2.29 bits per heavy atom. The number of hydrogen-bond acceptors (Lipinski definition) is 2. The minimum atomic E-state index is 0.185. The van der Waals surface area contributed by atoms with Gasteiger partial charge in [-0.15, -0.1) is 0 Å². The minimum Gasteiger partial charge on any atom is -0.336 e. The van der Waals surface area contributed by atoms with E-state index in [-0.39, 0.29) is 11.9 Å². The Morgan fingerprint density at radius 3 is 2.76 bits per heavy atom. The van der Waals surface area contributed by atoms with Crippen LogP contribution in [0.1, 0.15) is 31.1 Å². The lowest BCUT2D eigenvalue weighted by Gasteiger charge is -2.27. The molecule has 2 fully saturated rings. The van der Waals surface area contributed by atoms with Gasteiger partial charge < -0.3 is 9.47 Å². The third-order valence-electron chi connectivity index (χ3n) is 3.64. The Bertz CT molecular complexity index is 441. The van der Waals surface area contributed by atoms with Gasteiger partial charge in [-0.2, -0.15) is 0 Å². The molecule has 0 radical (unpaired) electrons. The molecule has 2 heterocycles. The third-order valence-corrected chi connectivity index (χ3v) is 4.25. The second-order valence-electron chi connectivity index (χ2n) is 5.03. The number of aryl methyl sites for hydroxylation is 1. The van der Waals surface area contributed by atoms with Crippen LogP contribution in [-0.4, -0.2) is 31.7 Å². The van der Waals surface area contributed by atoms with E-state index in [1.807, 2.05) is 28.9 Å². The maximum Gasteiger partial charge on any atom is 0.224 e. The molecule has 1 saturated heterocycles. The lowest BCUT2D eigenvalue weighted by atomic mass is 10.1. The Labute approximate surface area is 109 Å². The van der Waals surface area contributed by atoms with Crippen LogP contribution in [0.3, 0.4) is 0 Å². The van der Waals surface area contributed by atoms with E-state index in [1.54, 1.807) is 0 Å². The predicted molar refractivity (Wildman–Crippen MR) is 67.7 cm³/mol. The number of carbonyl (C=O) groups excluding carboxylic acids is 1. The summed E-state index contributed by atoms with van der Waals surface area (Å²) in [6.07, 6.45) is 6.82. The molecule has 1 aromatic heterocycles. The zero-order chi connectivity index (χ0) is 12.0. The van der Waals surface area contributed by atoms with Gasteiger partial charge in [0.15, 0.2) is 0 Å². The van der Waals surface area contributed by atoms with Crippen molar-refractivity contribution in [1.29, 1.82) is 0 Å². The fourth-order valence-electron chi connectivity index (χ4n) is 2.63. The van der Waals surface area contributed by atoms with Gasteiger partial charge in [0.25, 0.3) is 0 Å². The van der Waals surface area contributed by atoms with Gasteiger partial charge in [0.1, 0.15) is 5.82 Å². The first-order valence-corrected chi connectivity index (χ1v) is 6.99. The second kappa shape index (κ2) is 4.12. The van der Waals surface area contributed by atoms with Crippen molar-refractivity contribution in [3.63, 3.8) is 0 Å². The van der Waals surface area contributed by atoms with Crippen molar-refractivity contribution < 1.29 is 4.79 Å². The lowest BCUT2D eigenvalue weighted by Crippen LogP contribution is -2.33. The van der Waals surface area contributed by atoms with Crippen LogP contribution in [-0.2, 0) is 11.8 Å². The van der Waals surface area contributed by atoms with E-state index in [2.05, 4.69) is 20.9 Å². The number of aromatic nitrogens is 2. The van der Waals surface area contributed by atoms with Gasteiger partial charge in [0, 0.05) is 37.2 Å². The van der Waals surface area contributed by atoms with Gasteiger partial charge in [0.05, 0.1) is 6.04 Å². The van der Waals surface area contributed by atoms with Gasteiger partial charge in [-0.1, -0.05) is 15.9 Å². The highest BCUT2D eigenvalue weighted by molar-refractivity contribution is 9.09. The smallest absolute Gasteiger partial charge is 0.224 e. The first-order valence-electron chi connectivity index (χ1n) is 6.07. The molecule has 2 aliphatic rings. The van der Waals surface area contributed by atoms with Crippen LogP contribution >= 0.6 is 15.9 Å². The van der Waals surface area contributed by atoms with Crippen molar-refractivity contribution in [2.24, 2.45) is 13.0 Å². The summed E-state index contributed by atoms with van der Waals surface area (Å²) in [5, 5.41) is 0. The van der Waals surface area contributed by atoms with Crippen molar-refractivity contribution in [2.45, 2.75) is 30.1 Å². The Kier molecular flexibility index (Phi) is 2.73. The number of likely N-dealkylation sites (tertiary alicyclic amines) is 1. The van der Waals surface area contributed by atoms with Gasteiger partial charge >= 0.3 is 0 Å². The molecule has 5 heteroatoms. The van der Waals surface area contributed by atoms with E-state index in [0.717, 1.165) is 12.4 Å². The molecule has 0 bridgehead atoms. The minimum absolute atomic E-state index is 0.185. The number of rotatable bonds is 3. The molecule has 1 aromatic rings. The summed E-state index contributed by atoms with van der Waals surface area (Å²) in [7, 11) is 2.00. The van der Waals surface area contributed by atoms with E-state index in [9.17, 15) is 4.79 Å². The molecule has 2 unspecified atom stereocenters. The highest BCUT2D eigenvalue weighted by atomic mass is 79.9. The fraction of sp³-hybridized carbons (Fsp3) is 0.667. The fourth-order valence-corrected chi connectivity index (χ4v) is 3.22. The monoisotopic (exact) mass is 297 g/mol. The number of carbonyl (C=O) groups is 1. The molecule has 1 amide bonds. The molecule has 4 nitrogen and oxygen atoms in total. The Balaban J connectivity index is 1.91. The molecular weight excluding hydrogens is 282 g/mol. The summed E-state index contributed by atoms with van der Waals surface area (Å²) in [6, 6.07) is 0.185. The van der Waals surface area contributed by atoms with Crippen LogP contribution in [0.4, 0.5) is 0 Å². The van der Waals surface area contributed by atoms with Crippen molar-refractivity contribution >= 4 is 21.8 Å². The standard InChI is InChI=1S/C12H16BrN3O/c1-15-5-4-14-12(15)11(8-2-3-8)16-7-9(13)6-10(16)17/h4-5,8-9,11H,2-3,6-7H2,1H3. The molecule has 1 aliphatic carbocycles. The molecule has 1 aliphatic heterocycles. The summed E-state index contributed by atoms with van der Waals surface area (Å²) >= 11 is 3.55. The Morgan fingerprint density at radius 1 is 1.53 bits per heavy atom. The molecule has 0 spiro atoms. The van der Waals surface area contributed by atoms with Gasteiger partial charge in [0.2, 0.25) is 5.91 Å². The zero-order valence-electron chi connectivity index (χ0n) is 9.84. The third kappa shape index (κ3) is 2.01. The number of amides is 1. The molecule has 1 saturated carbocycles. The predicted octanol–water partition coefficient (Wildman–Crippen LogP) is 1.87.